The first kappa shape index (κ1) is 21.2. The van der Waals surface area contributed by atoms with Crippen molar-refractivity contribution in [3.05, 3.63) is 47.8 Å². The molecule has 1 fully saturated rings. The smallest absolute Gasteiger partial charge is 0.305 e. The molecular formula is C23H27F2NO3. The monoisotopic (exact) mass is 403 g/mol. The van der Waals surface area contributed by atoms with Gasteiger partial charge in [-0.25, -0.2) is 8.78 Å². The first-order valence-corrected chi connectivity index (χ1v) is 10.3. The number of nitrogens with zero attached hydrogens (tertiary/aromatic N) is 1. The third-order valence-electron chi connectivity index (χ3n) is 5.23. The van der Waals surface area contributed by atoms with E-state index in [-0.39, 0.29) is 19.0 Å². The van der Waals surface area contributed by atoms with Gasteiger partial charge >= 0.3 is 5.97 Å². The molecule has 0 amide bonds. The Labute approximate surface area is 170 Å². The molecule has 0 spiro atoms. The highest BCUT2D eigenvalue weighted by Crippen LogP contribution is 2.33. The number of hydrogen-bond acceptors (Lipinski definition) is 4. The molecule has 0 saturated heterocycles. The van der Waals surface area contributed by atoms with Crippen molar-refractivity contribution in [2.75, 3.05) is 13.2 Å². The maximum absolute atomic E-state index is 14.6. The van der Waals surface area contributed by atoms with Crippen LogP contribution >= 0.6 is 0 Å². The van der Waals surface area contributed by atoms with Gasteiger partial charge in [0.25, 0.3) is 0 Å². The lowest BCUT2D eigenvalue weighted by atomic mass is 9.95. The molecule has 1 aromatic heterocycles. The van der Waals surface area contributed by atoms with E-state index in [2.05, 4.69) is 4.98 Å². The zero-order chi connectivity index (χ0) is 20.6. The Bertz CT molecular complexity index is 812. The summed E-state index contributed by atoms with van der Waals surface area (Å²) in [7, 11) is 0. The normalized spacial score (nSPS) is 14.2. The van der Waals surface area contributed by atoms with Gasteiger partial charge in [-0.2, -0.15) is 0 Å². The molecule has 156 valence electrons. The summed E-state index contributed by atoms with van der Waals surface area (Å²) in [5.74, 6) is -1.70. The van der Waals surface area contributed by atoms with E-state index in [1.165, 1.54) is 37.8 Å². The Morgan fingerprint density at radius 3 is 2.62 bits per heavy atom. The molecule has 0 bridgehead atoms. The van der Waals surface area contributed by atoms with Crippen molar-refractivity contribution in [3.8, 4) is 16.9 Å². The van der Waals surface area contributed by atoms with Crippen molar-refractivity contribution in [1.82, 2.24) is 4.98 Å². The van der Waals surface area contributed by atoms with Crippen LogP contribution in [0.4, 0.5) is 8.78 Å². The van der Waals surface area contributed by atoms with Crippen LogP contribution in [0.15, 0.2) is 30.5 Å². The number of hydrogen-bond donors (Lipinski definition) is 0. The third-order valence-corrected chi connectivity index (χ3v) is 5.23. The second-order valence-electron chi connectivity index (χ2n) is 7.38. The lowest BCUT2D eigenvalue weighted by molar-refractivity contribution is -0.143. The fraction of sp³-hybridized carbons (Fsp3) is 0.478. The van der Waals surface area contributed by atoms with Gasteiger partial charge in [-0.05, 0) is 49.4 Å². The van der Waals surface area contributed by atoms with Gasteiger partial charge in [0.1, 0.15) is 0 Å². The van der Waals surface area contributed by atoms with Gasteiger partial charge in [-0.15, -0.1) is 0 Å². The van der Waals surface area contributed by atoms with Crippen molar-refractivity contribution in [1.29, 1.82) is 0 Å². The largest absolute Gasteiger partial charge is 0.488 e. The summed E-state index contributed by atoms with van der Waals surface area (Å²) in [5.41, 5.74) is 2.09. The van der Waals surface area contributed by atoms with E-state index in [1.807, 2.05) is 6.07 Å². The van der Waals surface area contributed by atoms with Crippen molar-refractivity contribution in [2.45, 2.75) is 51.9 Å². The third kappa shape index (κ3) is 5.75. The van der Waals surface area contributed by atoms with Gasteiger partial charge in [0.2, 0.25) is 0 Å². The summed E-state index contributed by atoms with van der Waals surface area (Å²) >= 11 is 0. The van der Waals surface area contributed by atoms with E-state index in [0.717, 1.165) is 17.7 Å². The van der Waals surface area contributed by atoms with E-state index in [0.29, 0.717) is 24.5 Å². The van der Waals surface area contributed by atoms with E-state index >= 15 is 0 Å². The molecule has 6 heteroatoms. The van der Waals surface area contributed by atoms with E-state index < -0.39 is 17.4 Å². The van der Waals surface area contributed by atoms with Gasteiger partial charge in [0, 0.05) is 23.9 Å². The number of esters is 1. The maximum atomic E-state index is 14.6. The topological polar surface area (TPSA) is 48.4 Å². The van der Waals surface area contributed by atoms with E-state index in [1.54, 1.807) is 19.2 Å². The Kier molecular flexibility index (Phi) is 7.55. The molecule has 0 aliphatic heterocycles. The molecule has 4 nitrogen and oxygen atoms in total. The fourth-order valence-electron chi connectivity index (χ4n) is 3.83. The molecule has 29 heavy (non-hydrogen) atoms. The zero-order valence-electron chi connectivity index (χ0n) is 16.8. The summed E-state index contributed by atoms with van der Waals surface area (Å²) < 4.78 is 39.2. The molecule has 1 aromatic carbocycles. The van der Waals surface area contributed by atoms with E-state index in [9.17, 15) is 13.6 Å². The molecule has 0 atom stereocenters. The first-order valence-electron chi connectivity index (χ1n) is 10.3. The average molecular weight is 403 g/mol. The highest BCUT2D eigenvalue weighted by atomic mass is 19.1. The van der Waals surface area contributed by atoms with Crippen LogP contribution in [0, 0.1) is 17.6 Å². The lowest BCUT2D eigenvalue weighted by Crippen LogP contribution is -2.08. The minimum absolute atomic E-state index is 0.0336. The van der Waals surface area contributed by atoms with Gasteiger partial charge in [0.15, 0.2) is 17.4 Å². The van der Waals surface area contributed by atoms with Gasteiger partial charge in [0.05, 0.1) is 13.2 Å². The minimum atomic E-state index is -0.758. The summed E-state index contributed by atoms with van der Waals surface area (Å²) in [6, 6.07) is 6.21. The molecular weight excluding hydrogens is 376 g/mol. The molecule has 3 rings (SSSR count). The number of ether oxygens (including phenoxy) is 2. The lowest BCUT2D eigenvalue weighted by Gasteiger charge is -2.14. The van der Waals surface area contributed by atoms with Crippen molar-refractivity contribution >= 4 is 5.97 Å². The fourth-order valence-corrected chi connectivity index (χ4v) is 3.83. The number of aromatic nitrogens is 1. The highest BCUT2D eigenvalue weighted by molar-refractivity contribution is 5.69. The zero-order valence-corrected chi connectivity index (χ0v) is 16.8. The highest BCUT2D eigenvalue weighted by Gasteiger charge is 2.20. The molecule has 1 heterocycles. The first-order chi connectivity index (χ1) is 14.1. The van der Waals surface area contributed by atoms with Crippen molar-refractivity contribution in [2.24, 2.45) is 5.92 Å². The van der Waals surface area contributed by atoms with Gasteiger partial charge < -0.3 is 9.47 Å². The predicted octanol–water partition coefficient (Wildman–Crippen LogP) is 5.48. The summed E-state index contributed by atoms with van der Waals surface area (Å²) in [6.45, 7) is 2.06. The van der Waals surface area contributed by atoms with Crippen LogP contribution in [0.2, 0.25) is 0 Å². The summed E-state index contributed by atoms with van der Waals surface area (Å²) in [6.07, 6.45) is 7.85. The number of carbonyl (C=O) groups is 1. The number of benzene rings is 1. The number of halogens is 2. The summed E-state index contributed by atoms with van der Waals surface area (Å²) in [4.78, 5) is 15.8. The molecule has 0 N–H and O–H groups in total. The van der Waals surface area contributed by atoms with Crippen LogP contribution in [0.5, 0.6) is 5.75 Å². The summed E-state index contributed by atoms with van der Waals surface area (Å²) in [5, 5.41) is 0. The number of pyridine rings is 1. The van der Waals surface area contributed by atoms with Crippen LogP contribution in [-0.4, -0.2) is 24.2 Å². The SMILES string of the molecule is CCOC(=O)CCCOc1c(F)cc(-c2cccnc2CC2CCCC2)cc1F. The van der Waals surface area contributed by atoms with E-state index in [4.69, 9.17) is 9.47 Å². The average Bonchev–Trinajstić information content (AvgIpc) is 3.20. The Morgan fingerprint density at radius 2 is 1.93 bits per heavy atom. The quantitative estimate of drug-likeness (QED) is 0.411. The van der Waals surface area contributed by atoms with Crippen LogP contribution in [0.25, 0.3) is 11.1 Å². The van der Waals surface area contributed by atoms with Crippen LogP contribution in [0.1, 0.15) is 51.1 Å². The molecule has 1 aliphatic rings. The van der Waals surface area contributed by atoms with Crippen molar-refractivity contribution in [3.63, 3.8) is 0 Å². The Balaban J connectivity index is 1.70. The maximum Gasteiger partial charge on any atom is 0.305 e. The Hall–Kier alpha value is -2.50. The molecule has 1 aliphatic carbocycles. The van der Waals surface area contributed by atoms with Crippen molar-refractivity contribution < 1.29 is 23.0 Å². The second kappa shape index (κ2) is 10.3. The van der Waals surface area contributed by atoms with Gasteiger partial charge in [-0.3, -0.25) is 9.78 Å². The molecule has 2 aromatic rings. The second-order valence-corrected chi connectivity index (χ2v) is 7.38. The van der Waals surface area contributed by atoms with Crippen LogP contribution in [0.3, 0.4) is 0 Å². The molecule has 0 unspecified atom stereocenters. The predicted molar refractivity (Wildman–Crippen MR) is 107 cm³/mol. The standard InChI is InChI=1S/C23H27F2NO3/c1-2-28-22(27)10-6-12-29-23-19(24)14-17(15-20(23)25)18-9-5-11-26-21(18)13-16-7-3-4-8-16/h5,9,11,14-16H,2-4,6-8,10,12-13H2,1H3. The molecule has 0 radical (unpaired) electrons. The number of rotatable bonds is 9. The van der Waals surface area contributed by atoms with Crippen LogP contribution in [-0.2, 0) is 16.0 Å². The van der Waals surface area contributed by atoms with Gasteiger partial charge in [-0.1, -0.05) is 31.7 Å². The minimum Gasteiger partial charge on any atom is -0.488 e. The molecule has 1 saturated carbocycles. The Morgan fingerprint density at radius 1 is 1.21 bits per heavy atom. The van der Waals surface area contributed by atoms with Crippen LogP contribution < -0.4 is 4.74 Å². The number of carbonyl (C=O) groups excluding carboxylic acids is 1.